The molecule has 4 rings (SSSR count). The van der Waals surface area contributed by atoms with Crippen LogP contribution in [0.5, 0.6) is 0 Å². The van der Waals surface area contributed by atoms with Crippen LogP contribution in [0.3, 0.4) is 0 Å². The summed E-state index contributed by atoms with van der Waals surface area (Å²) < 4.78 is 8.29. The van der Waals surface area contributed by atoms with E-state index in [2.05, 4.69) is 4.57 Å². The minimum Gasteiger partial charge on any atom is -0.376 e. The Labute approximate surface area is 134 Å². The molecule has 2 aromatic rings. The largest absolute Gasteiger partial charge is 0.376 e. The molecule has 0 spiro atoms. The number of rotatable bonds is 3. The highest BCUT2D eigenvalue weighted by Gasteiger charge is 2.42. The quantitative estimate of drug-likeness (QED) is 0.763. The van der Waals surface area contributed by atoms with Crippen molar-refractivity contribution in [1.82, 2.24) is 9.55 Å². The van der Waals surface area contributed by atoms with Crippen LogP contribution in [0.15, 0.2) is 18.2 Å². The molecule has 3 atom stereocenters. The monoisotopic (exact) mass is 324 g/mol. The number of aromatic nitrogens is 2. The molecule has 1 saturated carbocycles. The van der Waals surface area contributed by atoms with Crippen molar-refractivity contribution in [3.05, 3.63) is 29.0 Å². The molecule has 1 aliphatic heterocycles. The maximum absolute atomic E-state index is 6.38. The second-order valence-corrected chi connectivity index (χ2v) is 7.21. The highest BCUT2D eigenvalue weighted by atomic mass is 35.5. The summed E-state index contributed by atoms with van der Waals surface area (Å²) in [4.78, 5) is 4.73. The molecule has 0 amide bonds. The van der Waals surface area contributed by atoms with Crippen LogP contribution in [-0.4, -0.2) is 22.3 Å². The number of nitrogens with zero attached hydrogens (tertiary/aromatic N) is 2. The Bertz CT molecular complexity index is 678. The molecule has 2 heterocycles. The van der Waals surface area contributed by atoms with E-state index in [-0.39, 0.29) is 5.38 Å². The molecule has 5 heteroatoms. The van der Waals surface area contributed by atoms with Gasteiger partial charge in [0.25, 0.3) is 0 Å². The van der Waals surface area contributed by atoms with Crippen molar-refractivity contribution in [1.29, 1.82) is 0 Å². The number of hydrogen-bond donors (Lipinski definition) is 0. The minimum absolute atomic E-state index is 0.128. The average molecular weight is 325 g/mol. The van der Waals surface area contributed by atoms with Crippen LogP contribution in [0, 0.1) is 5.92 Å². The number of ether oxygens (including phenoxy) is 1. The lowest BCUT2D eigenvalue weighted by Gasteiger charge is -2.23. The molecule has 112 valence electrons. The SMILES string of the molecule is CC(Cl)c1nc2ccc(Cl)cc2n1C1CCOC1C1CC1. The first-order chi connectivity index (χ1) is 10.1. The molecule has 1 saturated heterocycles. The third-order valence-corrected chi connectivity index (χ3v) is 4.99. The van der Waals surface area contributed by atoms with Crippen molar-refractivity contribution in [2.75, 3.05) is 6.61 Å². The van der Waals surface area contributed by atoms with Gasteiger partial charge in [-0.25, -0.2) is 4.98 Å². The van der Waals surface area contributed by atoms with E-state index in [1.165, 1.54) is 12.8 Å². The van der Waals surface area contributed by atoms with Gasteiger partial charge in [-0.05, 0) is 50.3 Å². The molecule has 3 unspecified atom stereocenters. The van der Waals surface area contributed by atoms with Crippen LogP contribution in [-0.2, 0) is 4.74 Å². The molecular formula is C16H18Cl2N2O. The average Bonchev–Trinajstić information content (AvgIpc) is 3.06. The summed E-state index contributed by atoms with van der Waals surface area (Å²) >= 11 is 12.6. The van der Waals surface area contributed by atoms with Crippen molar-refractivity contribution in [3.63, 3.8) is 0 Å². The van der Waals surface area contributed by atoms with Crippen LogP contribution in [0.2, 0.25) is 5.02 Å². The van der Waals surface area contributed by atoms with E-state index in [1.54, 1.807) is 0 Å². The van der Waals surface area contributed by atoms with Gasteiger partial charge in [-0.3, -0.25) is 0 Å². The van der Waals surface area contributed by atoms with Gasteiger partial charge in [0.2, 0.25) is 0 Å². The molecule has 0 N–H and O–H groups in total. The van der Waals surface area contributed by atoms with E-state index in [1.807, 2.05) is 25.1 Å². The Kier molecular flexibility index (Phi) is 3.40. The van der Waals surface area contributed by atoms with Crippen LogP contribution in [0.1, 0.15) is 43.4 Å². The van der Waals surface area contributed by atoms with E-state index in [0.29, 0.717) is 18.1 Å². The van der Waals surface area contributed by atoms with E-state index in [0.717, 1.165) is 34.9 Å². The van der Waals surface area contributed by atoms with Crippen LogP contribution in [0.4, 0.5) is 0 Å². The predicted octanol–water partition coefficient (Wildman–Crippen LogP) is 4.73. The number of halogens is 2. The van der Waals surface area contributed by atoms with Crippen molar-refractivity contribution in [2.45, 2.75) is 43.7 Å². The summed E-state index contributed by atoms with van der Waals surface area (Å²) in [6.45, 7) is 2.80. The molecule has 3 nitrogen and oxygen atoms in total. The molecule has 21 heavy (non-hydrogen) atoms. The van der Waals surface area contributed by atoms with E-state index in [4.69, 9.17) is 32.9 Å². The third kappa shape index (κ3) is 2.36. The molecular weight excluding hydrogens is 307 g/mol. The first kappa shape index (κ1) is 13.9. The Morgan fingerprint density at radius 3 is 2.86 bits per heavy atom. The van der Waals surface area contributed by atoms with Gasteiger partial charge >= 0.3 is 0 Å². The number of fused-ring (bicyclic) bond motifs is 1. The van der Waals surface area contributed by atoms with Crippen molar-refractivity contribution in [2.24, 2.45) is 5.92 Å². The summed E-state index contributed by atoms with van der Waals surface area (Å²) in [5.74, 6) is 1.63. The lowest BCUT2D eigenvalue weighted by molar-refractivity contribution is 0.0753. The zero-order chi connectivity index (χ0) is 14.6. The van der Waals surface area contributed by atoms with Gasteiger partial charge in [-0.15, -0.1) is 11.6 Å². The first-order valence-corrected chi connectivity index (χ1v) is 8.39. The Morgan fingerprint density at radius 1 is 1.33 bits per heavy atom. The molecule has 2 fully saturated rings. The molecule has 1 aromatic heterocycles. The Balaban J connectivity index is 1.88. The lowest BCUT2D eigenvalue weighted by Crippen LogP contribution is -2.23. The van der Waals surface area contributed by atoms with Crippen molar-refractivity contribution in [3.8, 4) is 0 Å². The lowest BCUT2D eigenvalue weighted by atomic mass is 10.1. The smallest absolute Gasteiger partial charge is 0.128 e. The summed E-state index contributed by atoms with van der Waals surface area (Å²) in [6, 6.07) is 6.18. The van der Waals surface area contributed by atoms with E-state index in [9.17, 15) is 0 Å². The van der Waals surface area contributed by atoms with Crippen molar-refractivity contribution < 1.29 is 4.74 Å². The summed E-state index contributed by atoms with van der Waals surface area (Å²) in [7, 11) is 0. The fourth-order valence-corrected chi connectivity index (χ4v) is 3.79. The molecule has 1 aromatic carbocycles. The predicted molar refractivity (Wildman–Crippen MR) is 85.1 cm³/mol. The Hall–Kier alpha value is -0.770. The fraction of sp³-hybridized carbons (Fsp3) is 0.562. The second-order valence-electron chi connectivity index (χ2n) is 6.12. The molecule has 1 aliphatic carbocycles. The maximum atomic E-state index is 6.38. The van der Waals surface area contributed by atoms with Gasteiger partial charge in [0.15, 0.2) is 0 Å². The number of benzene rings is 1. The number of hydrogen-bond acceptors (Lipinski definition) is 2. The highest BCUT2D eigenvalue weighted by molar-refractivity contribution is 6.31. The van der Waals surface area contributed by atoms with Gasteiger partial charge in [-0.2, -0.15) is 0 Å². The van der Waals surface area contributed by atoms with Gasteiger partial charge < -0.3 is 9.30 Å². The van der Waals surface area contributed by atoms with Crippen LogP contribution >= 0.6 is 23.2 Å². The highest BCUT2D eigenvalue weighted by Crippen LogP contribution is 2.45. The normalized spacial score (nSPS) is 27.4. The van der Waals surface area contributed by atoms with E-state index >= 15 is 0 Å². The molecule has 2 aliphatic rings. The van der Waals surface area contributed by atoms with Crippen LogP contribution in [0.25, 0.3) is 11.0 Å². The topological polar surface area (TPSA) is 27.1 Å². The summed E-state index contributed by atoms with van der Waals surface area (Å²) in [5, 5.41) is 0.607. The van der Waals surface area contributed by atoms with Crippen molar-refractivity contribution >= 4 is 34.2 Å². The first-order valence-electron chi connectivity index (χ1n) is 7.58. The number of alkyl halides is 1. The summed E-state index contributed by atoms with van der Waals surface area (Å²) in [5.41, 5.74) is 2.04. The standard InChI is InChI=1S/C16H18Cl2N2O/c1-9(17)16-19-12-5-4-11(18)8-14(12)20(16)13-6-7-21-15(13)10-2-3-10/h4-5,8-10,13,15H,2-3,6-7H2,1H3. The third-order valence-electron chi connectivity index (χ3n) is 4.56. The Morgan fingerprint density at radius 2 is 2.14 bits per heavy atom. The fourth-order valence-electron chi connectivity index (χ4n) is 3.47. The second kappa shape index (κ2) is 5.15. The van der Waals surface area contributed by atoms with E-state index < -0.39 is 0 Å². The van der Waals surface area contributed by atoms with Gasteiger partial charge in [-0.1, -0.05) is 11.6 Å². The molecule has 0 radical (unpaired) electrons. The van der Waals surface area contributed by atoms with Gasteiger partial charge in [0, 0.05) is 11.6 Å². The summed E-state index contributed by atoms with van der Waals surface area (Å²) in [6.07, 6.45) is 3.88. The van der Waals surface area contributed by atoms with Gasteiger partial charge in [0.05, 0.1) is 28.6 Å². The zero-order valence-corrected chi connectivity index (χ0v) is 13.4. The van der Waals surface area contributed by atoms with Gasteiger partial charge in [0.1, 0.15) is 5.82 Å². The number of imidazole rings is 1. The molecule has 0 bridgehead atoms. The zero-order valence-electron chi connectivity index (χ0n) is 11.9. The maximum Gasteiger partial charge on any atom is 0.128 e. The minimum atomic E-state index is -0.128. The van der Waals surface area contributed by atoms with Crippen LogP contribution < -0.4 is 0 Å².